The molecule has 192 valence electrons. The summed E-state index contributed by atoms with van der Waals surface area (Å²) in [5.74, 6) is -0.787. The minimum absolute atomic E-state index is 0.243. The number of hydrazone groups is 1. The SMILES string of the molecule is COc1cccc(NC(=O)COc2ccc(/C=N\NC(=O)C(=O)Nc3ccc(C)c(C)c3)cc2OC)c1. The lowest BCUT2D eigenvalue weighted by Gasteiger charge is -2.12. The Morgan fingerprint density at radius 2 is 1.59 bits per heavy atom. The number of rotatable bonds is 9. The van der Waals surface area contributed by atoms with Gasteiger partial charge in [-0.1, -0.05) is 12.1 Å². The van der Waals surface area contributed by atoms with Gasteiger partial charge >= 0.3 is 11.8 Å². The van der Waals surface area contributed by atoms with Crippen molar-refractivity contribution in [2.24, 2.45) is 5.10 Å². The van der Waals surface area contributed by atoms with Crippen molar-refractivity contribution in [2.75, 3.05) is 31.5 Å². The highest BCUT2D eigenvalue weighted by Crippen LogP contribution is 2.27. The average Bonchev–Trinajstić information content (AvgIpc) is 2.89. The number of carbonyl (C=O) groups is 3. The summed E-state index contributed by atoms with van der Waals surface area (Å²) in [4.78, 5) is 36.4. The molecule has 37 heavy (non-hydrogen) atoms. The van der Waals surface area contributed by atoms with Gasteiger partial charge in [-0.15, -0.1) is 0 Å². The quantitative estimate of drug-likeness (QED) is 0.233. The zero-order chi connectivity index (χ0) is 26.8. The summed E-state index contributed by atoms with van der Waals surface area (Å²) in [7, 11) is 3.00. The lowest BCUT2D eigenvalue weighted by Crippen LogP contribution is -2.32. The minimum atomic E-state index is -0.913. The lowest BCUT2D eigenvalue weighted by atomic mass is 10.1. The summed E-state index contributed by atoms with van der Waals surface area (Å²) in [5, 5.41) is 9.07. The molecule has 0 radical (unpaired) electrons. The molecule has 0 unspecified atom stereocenters. The molecule has 3 N–H and O–H groups in total. The number of benzene rings is 3. The fourth-order valence-electron chi connectivity index (χ4n) is 3.15. The van der Waals surface area contributed by atoms with Gasteiger partial charge in [0.1, 0.15) is 5.75 Å². The molecule has 0 heterocycles. The van der Waals surface area contributed by atoms with Gasteiger partial charge in [0.25, 0.3) is 5.91 Å². The van der Waals surface area contributed by atoms with Crippen molar-refractivity contribution in [3.8, 4) is 17.2 Å². The molecular formula is C27H28N4O6. The Labute approximate surface area is 214 Å². The second-order valence-electron chi connectivity index (χ2n) is 7.93. The highest BCUT2D eigenvalue weighted by atomic mass is 16.5. The van der Waals surface area contributed by atoms with Gasteiger partial charge in [0.15, 0.2) is 18.1 Å². The fraction of sp³-hybridized carbons (Fsp3) is 0.185. The fourth-order valence-corrected chi connectivity index (χ4v) is 3.15. The highest BCUT2D eigenvalue weighted by molar-refractivity contribution is 6.39. The maximum absolute atomic E-state index is 12.2. The van der Waals surface area contributed by atoms with Crippen LogP contribution in [0.2, 0.25) is 0 Å². The van der Waals surface area contributed by atoms with Gasteiger partial charge in [-0.3, -0.25) is 14.4 Å². The second kappa shape index (κ2) is 12.7. The zero-order valence-electron chi connectivity index (χ0n) is 21.0. The molecule has 0 aliphatic rings. The number of hydrogen-bond donors (Lipinski definition) is 3. The Bertz CT molecular complexity index is 1320. The first-order chi connectivity index (χ1) is 17.8. The molecule has 0 bridgehead atoms. The third kappa shape index (κ3) is 7.82. The third-order valence-electron chi connectivity index (χ3n) is 5.25. The van der Waals surface area contributed by atoms with E-state index in [1.54, 1.807) is 61.7 Å². The Morgan fingerprint density at radius 3 is 2.32 bits per heavy atom. The van der Waals surface area contributed by atoms with Gasteiger partial charge in [-0.2, -0.15) is 5.10 Å². The van der Waals surface area contributed by atoms with Crippen LogP contribution in [0.4, 0.5) is 11.4 Å². The molecule has 3 amide bonds. The number of anilines is 2. The summed E-state index contributed by atoms with van der Waals surface area (Å²) in [6.07, 6.45) is 1.35. The monoisotopic (exact) mass is 504 g/mol. The van der Waals surface area contributed by atoms with Gasteiger partial charge in [-0.05, 0) is 73.0 Å². The molecule has 10 nitrogen and oxygen atoms in total. The number of nitrogens with one attached hydrogen (secondary N) is 3. The molecule has 0 aliphatic carbocycles. The van der Waals surface area contributed by atoms with Crippen LogP contribution in [0.1, 0.15) is 16.7 Å². The summed E-state index contributed by atoms with van der Waals surface area (Å²) in [5.41, 5.74) is 5.93. The first-order valence-corrected chi connectivity index (χ1v) is 11.3. The minimum Gasteiger partial charge on any atom is -0.497 e. The molecule has 0 atom stereocenters. The van der Waals surface area contributed by atoms with E-state index in [0.717, 1.165) is 11.1 Å². The van der Waals surface area contributed by atoms with E-state index >= 15 is 0 Å². The van der Waals surface area contributed by atoms with Crippen LogP contribution in [0.5, 0.6) is 17.2 Å². The Hall–Kier alpha value is -4.86. The number of ether oxygens (including phenoxy) is 3. The van der Waals surface area contributed by atoms with Gasteiger partial charge in [-0.25, -0.2) is 5.43 Å². The molecule has 0 saturated heterocycles. The van der Waals surface area contributed by atoms with Gasteiger partial charge < -0.3 is 24.8 Å². The first kappa shape index (κ1) is 26.7. The highest BCUT2D eigenvalue weighted by Gasteiger charge is 2.13. The predicted octanol–water partition coefficient (Wildman–Crippen LogP) is 3.43. The molecule has 3 rings (SSSR count). The number of methoxy groups -OCH3 is 2. The van der Waals surface area contributed by atoms with Crippen LogP contribution < -0.4 is 30.3 Å². The summed E-state index contributed by atoms with van der Waals surface area (Å²) < 4.78 is 16.1. The van der Waals surface area contributed by atoms with Crippen molar-refractivity contribution < 1.29 is 28.6 Å². The van der Waals surface area contributed by atoms with E-state index in [-0.39, 0.29) is 12.5 Å². The van der Waals surface area contributed by atoms with Crippen LogP contribution in [-0.4, -0.2) is 44.8 Å². The number of hydrogen-bond acceptors (Lipinski definition) is 7. The largest absolute Gasteiger partial charge is 0.497 e. The Balaban J connectivity index is 1.53. The third-order valence-corrected chi connectivity index (χ3v) is 5.25. The van der Waals surface area contributed by atoms with Crippen LogP contribution in [0.25, 0.3) is 0 Å². The molecule has 10 heteroatoms. The molecule has 3 aromatic carbocycles. The molecule has 0 aromatic heterocycles. The molecule has 0 aliphatic heterocycles. The van der Waals surface area contributed by atoms with Crippen LogP contribution in [0.3, 0.4) is 0 Å². The Kier molecular flexibility index (Phi) is 9.20. The number of carbonyl (C=O) groups excluding carboxylic acids is 3. The van der Waals surface area contributed by atoms with Crippen LogP contribution in [-0.2, 0) is 14.4 Å². The van der Waals surface area contributed by atoms with Crippen LogP contribution in [0, 0.1) is 13.8 Å². The topological polar surface area (TPSA) is 127 Å². The van der Waals surface area contributed by atoms with E-state index < -0.39 is 11.8 Å². The van der Waals surface area contributed by atoms with E-state index in [0.29, 0.717) is 34.2 Å². The number of aryl methyl sites for hydroxylation is 2. The molecule has 0 saturated carbocycles. The Morgan fingerprint density at radius 1 is 0.811 bits per heavy atom. The summed E-state index contributed by atoms with van der Waals surface area (Å²) in [6, 6.07) is 17.2. The van der Waals surface area contributed by atoms with Crippen molar-refractivity contribution >= 4 is 35.3 Å². The van der Waals surface area contributed by atoms with Crippen molar-refractivity contribution in [1.29, 1.82) is 0 Å². The molecule has 0 spiro atoms. The first-order valence-electron chi connectivity index (χ1n) is 11.3. The summed E-state index contributed by atoms with van der Waals surface area (Å²) in [6.45, 7) is 3.63. The van der Waals surface area contributed by atoms with Gasteiger partial charge in [0.05, 0.1) is 20.4 Å². The van der Waals surface area contributed by atoms with Crippen LogP contribution >= 0.6 is 0 Å². The van der Waals surface area contributed by atoms with E-state index in [4.69, 9.17) is 14.2 Å². The number of amides is 3. The maximum Gasteiger partial charge on any atom is 0.329 e. The smallest absolute Gasteiger partial charge is 0.329 e. The van der Waals surface area contributed by atoms with Crippen molar-refractivity contribution in [3.63, 3.8) is 0 Å². The summed E-state index contributed by atoms with van der Waals surface area (Å²) >= 11 is 0. The normalized spacial score (nSPS) is 10.5. The van der Waals surface area contributed by atoms with E-state index in [2.05, 4.69) is 21.2 Å². The molecular weight excluding hydrogens is 476 g/mol. The van der Waals surface area contributed by atoms with Crippen molar-refractivity contribution in [2.45, 2.75) is 13.8 Å². The second-order valence-corrected chi connectivity index (χ2v) is 7.93. The number of nitrogens with zero attached hydrogens (tertiary/aromatic N) is 1. The van der Waals surface area contributed by atoms with E-state index in [9.17, 15) is 14.4 Å². The zero-order valence-corrected chi connectivity index (χ0v) is 21.0. The van der Waals surface area contributed by atoms with Crippen LogP contribution in [0.15, 0.2) is 65.8 Å². The molecule has 3 aromatic rings. The van der Waals surface area contributed by atoms with Crippen molar-refractivity contribution in [3.05, 3.63) is 77.4 Å². The average molecular weight is 505 g/mol. The predicted molar refractivity (Wildman–Crippen MR) is 140 cm³/mol. The standard InChI is InChI=1S/C27H28N4O6/c1-17-8-10-21(12-18(17)2)30-26(33)27(34)31-28-15-19-9-11-23(24(13-19)36-4)37-16-25(32)29-20-6-5-7-22(14-20)35-3/h5-15H,16H2,1-4H3,(H,29,32)(H,30,33)(H,31,34)/b28-15-. The van der Waals surface area contributed by atoms with E-state index in [1.807, 2.05) is 19.9 Å². The maximum atomic E-state index is 12.2. The lowest BCUT2D eigenvalue weighted by molar-refractivity contribution is -0.136. The van der Waals surface area contributed by atoms with Crippen molar-refractivity contribution in [1.82, 2.24) is 5.43 Å². The molecule has 0 fully saturated rings. The van der Waals surface area contributed by atoms with Gasteiger partial charge in [0, 0.05) is 17.4 Å². The van der Waals surface area contributed by atoms with E-state index in [1.165, 1.54) is 13.3 Å². The van der Waals surface area contributed by atoms with Gasteiger partial charge in [0.2, 0.25) is 0 Å².